The van der Waals surface area contributed by atoms with E-state index < -0.39 is 18.6 Å². The van der Waals surface area contributed by atoms with Crippen LogP contribution in [0.1, 0.15) is 27.9 Å². The summed E-state index contributed by atoms with van der Waals surface area (Å²) < 4.78 is 35.9. The topological polar surface area (TPSA) is 37.3 Å². The molecule has 88 valence electrons. The molecule has 1 N–H and O–H groups in total. The van der Waals surface area contributed by atoms with E-state index in [0.717, 1.165) is 0 Å². The second-order valence-electron chi connectivity index (χ2n) is 3.57. The lowest BCUT2D eigenvalue weighted by Crippen LogP contribution is -2.09. The summed E-state index contributed by atoms with van der Waals surface area (Å²) >= 11 is 0. The van der Waals surface area contributed by atoms with Crippen LogP contribution in [0.4, 0.5) is 13.2 Å². The van der Waals surface area contributed by atoms with Gasteiger partial charge < -0.3 is 5.11 Å². The molecular weight excluding hydrogens is 221 g/mol. The van der Waals surface area contributed by atoms with Crippen molar-refractivity contribution >= 4 is 5.97 Å². The van der Waals surface area contributed by atoms with Gasteiger partial charge in [0.2, 0.25) is 0 Å². The summed E-state index contributed by atoms with van der Waals surface area (Å²) in [5, 5.41) is 8.74. The zero-order valence-corrected chi connectivity index (χ0v) is 8.64. The Bertz CT molecular complexity index is 397. The van der Waals surface area contributed by atoms with E-state index in [0.29, 0.717) is 11.1 Å². The van der Waals surface area contributed by atoms with E-state index in [1.54, 1.807) is 6.92 Å². The highest BCUT2D eigenvalue weighted by Crippen LogP contribution is 2.22. The molecule has 1 rings (SSSR count). The lowest BCUT2D eigenvalue weighted by molar-refractivity contribution is -0.134. The van der Waals surface area contributed by atoms with E-state index in [9.17, 15) is 18.0 Å². The first-order chi connectivity index (χ1) is 7.29. The van der Waals surface area contributed by atoms with Crippen LogP contribution in [-0.4, -0.2) is 17.3 Å². The van der Waals surface area contributed by atoms with Crippen LogP contribution in [0.2, 0.25) is 0 Å². The molecule has 0 radical (unpaired) electrons. The van der Waals surface area contributed by atoms with Crippen molar-refractivity contribution in [2.45, 2.75) is 25.9 Å². The predicted octanol–water partition coefficient (Wildman–Crippen LogP) is 3.19. The number of aromatic carboxylic acids is 1. The van der Waals surface area contributed by atoms with E-state index in [1.165, 1.54) is 18.2 Å². The van der Waals surface area contributed by atoms with Crippen LogP contribution in [0.25, 0.3) is 0 Å². The van der Waals surface area contributed by atoms with Crippen LogP contribution in [-0.2, 0) is 6.42 Å². The van der Waals surface area contributed by atoms with E-state index in [-0.39, 0.29) is 12.0 Å². The molecule has 0 saturated carbocycles. The number of rotatable bonds is 3. The van der Waals surface area contributed by atoms with Gasteiger partial charge in [0.15, 0.2) is 0 Å². The third kappa shape index (κ3) is 3.56. The van der Waals surface area contributed by atoms with Crippen molar-refractivity contribution in [2.24, 2.45) is 0 Å². The average Bonchev–Trinajstić information content (AvgIpc) is 2.13. The molecule has 2 nitrogen and oxygen atoms in total. The van der Waals surface area contributed by atoms with Gasteiger partial charge in [0.25, 0.3) is 0 Å². The molecule has 0 aromatic heterocycles. The zero-order valence-electron chi connectivity index (χ0n) is 8.64. The van der Waals surface area contributed by atoms with Gasteiger partial charge in [0, 0.05) is 6.42 Å². The summed E-state index contributed by atoms with van der Waals surface area (Å²) in [6.07, 6.45) is -5.19. The van der Waals surface area contributed by atoms with Crippen molar-refractivity contribution in [3.05, 3.63) is 34.9 Å². The predicted molar refractivity (Wildman–Crippen MR) is 52.5 cm³/mol. The maximum absolute atomic E-state index is 12.0. The fourth-order valence-corrected chi connectivity index (χ4v) is 1.41. The van der Waals surface area contributed by atoms with Crippen molar-refractivity contribution in [3.63, 3.8) is 0 Å². The Kier molecular flexibility index (Phi) is 3.57. The van der Waals surface area contributed by atoms with E-state index in [4.69, 9.17) is 5.11 Å². The number of halogens is 3. The molecule has 0 fully saturated rings. The molecule has 0 atom stereocenters. The molecule has 1 aromatic rings. The van der Waals surface area contributed by atoms with Crippen LogP contribution < -0.4 is 0 Å². The molecule has 0 heterocycles. The minimum absolute atomic E-state index is 0.121. The Hall–Kier alpha value is -1.52. The summed E-state index contributed by atoms with van der Waals surface area (Å²) in [4.78, 5) is 10.7. The minimum Gasteiger partial charge on any atom is -0.478 e. The summed E-state index contributed by atoms with van der Waals surface area (Å²) in [5.74, 6) is -1.07. The lowest BCUT2D eigenvalue weighted by atomic mass is 10.0. The molecule has 0 aliphatic rings. The first-order valence-corrected chi connectivity index (χ1v) is 4.69. The highest BCUT2D eigenvalue weighted by atomic mass is 19.4. The zero-order chi connectivity index (χ0) is 12.3. The van der Waals surface area contributed by atoms with Gasteiger partial charge in [-0.25, -0.2) is 4.79 Å². The second-order valence-corrected chi connectivity index (χ2v) is 3.57. The van der Waals surface area contributed by atoms with Gasteiger partial charge >= 0.3 is 12.1 Å². The maximum atomic E-state index is 12.0. The number of aryl methyl sites for hydroxylation is 2. The van der Waals surface area contributed by atoms with E-state index in [2.05, 4.69) is 0 Å². The van der Waals surface area contributed by atoms with Crippen molar-refractivity contribution < 1.29 is 23.1 Å². The number of carboxylic acids is 1. The summed E-state index contributed by atoms with van der Waals surface area (Å²) in [5.41, 5.74) is 1.10. The van der Waals surface area contributed by atoms with Gasteiger partial charge in [-0.05, 0) is 30.5 Å². The van der Waals surface area contributed by atoms with Crippen molar-refractivity contribution in [2.75, 3.05) is 0 Å². The molecule has 0 unspecified atom stereocenters. The van der Waals surface area contributed by atoms with Gasteiger partial charge in [0.05, 0.1) is 5.56 Å². The Morgan fingerprint density at radius 1 is 1.38 bits per heavy atom. The molecule has 0 aliphatic heterocycles. The highest BCUT2D eigenvalue weighted by molar-refractivity contribution is 5.89. The SMILES string of the molecule is Cc1cc(CCC(F)(F)F)ccc1C(=O)O. The standard InChI is InChI=1S/C11H11F3O2/c1-7-6-8(4-5-11(12,13)14)2-3-9(7)10(15)16/h2-3,6H,4-5H2,1H3,(H,15,16). The van der Waals surface area contributed by atoms with Gasteiger partial charge in [-0.15, -0.1) is 0 Å². The second kappa shape index (κ2) is 4.55. The first-order valence-electron chi connectivity index (χ1n) is 4.69. The Balaban J connectivity index is 2.78. The van der Waals surface area contributed by atoms with Crippen molar-refractivity contribution in [1.82, 2.24) is 0 Å². The molecular formula is C11H11F3O2. The fraction of sp³-hybridized carbons (Fsp3) is 0.364. The number of benzene rings is 1. The molecule has 0 bridgehead atoms. The minimum atomic E-state index is -4.18. The maximum Gasteiger partial charge on any atom is 0.389 e. The summed E-state index contributed by atoms with van der Waals surface area (Å²) in [7, 11) is 0. The lowest BCUT2D eigenvalue weighted by Gasteiger charge is -2.07. The van der Waals surface area contributed by atoms with E-state index >= 15 is 0 Å². The largest absolute Gasteiger partial charge is 0.478 e. The normalized spacial score (nSPS) is 11.5. The number of alkyl halides is 3. The Labute approximate surface area is 90.7 Å². The van der Waals surface area contributed by atoms with Gasteiger partial charge in [0.1, 0.15) is 0 Å². The molecule has 16 heavy (non-hydrogen) atoms. The van der Waals surface area contributed by atoms with Gasteiger partial charge in [-0.3, -0.25) is 0 Å². The van der Waals surface area contributed by atoms with Crippen LogP contribution in [0.3, 0.4) is 0 Å². The molecule has 1 aromatic carbocycles. The summed E-state index contributed by atoms with van der Waals surface area (Å²) in [6, 6.07) is 4.24. The number of carboxylic acid groups (broad SMARTS) is 1. The van der Waals surface area contributed by atoms with Crippen molar-refractivity contribution in [3.8, 4) is 0 Å². The quantitative estimate of drug-likeness (QED) is 0.868. The number of carbonyl (C=O) groups is 1. The van der Waals surface area contributed by atoms with Crippen molar-refractivity contribution in [1.29, 1.82) is 0 Å². The smallest absolute Gasteiger partial charge is 0.389 e. The van der Waals surface area contributed by atoms with Crippen LogP contribution >= 0.6 is 0 Å². The van der Waals surface area contributed by atoms with Crippen LogP contribution in [0, 0.1) is 6.92 Å². The van der Waals surface area contributed by atoms with Crippen LogP contribution in [0.5, 0.6) is 0 Å². The number of hydrogen-bond acceptors (Lipinski definition) is 1. The number of hydrogen-bond donors (Lipinski definition) is 1. The fourth-order valence-electron chi connectivity index (χ4n) is 1.41. The third-order valence-corrected chi connectivity index (χ3v) is 2.22. The van der Waals surface area contributed by atoms with Gasteiger partial charge in [-0.2, -0.15) is 13.2 Å². The molecule has 0 aliphatic carbocycles. The third-order valence-electron chi connectivity index (χ3n) is 2.22. The molecule has 0 spiro atoms. The monoisotopic (exact) mass is 232 g/mol. The van der Waals surface area contributed by atoms with Crippen LogP contribution in [0.15, 0.2) is 18.2 Å². The Morgan fingerprint density at radius 3 is 2.44 bits per heavy atom. The Morgan fingerprint density at radius 2 is 2.00 bits per heavy atom. The summed E-state index contributed by atoms with van der Waals surface area (Å²) in [6.45, 7) is 1.57. The molecule has 0 amide bonds. The molecule has 0 saturated heterocycles. The van der Waals surface area contributed by atoms with E-state index in [1.807, 2.05) is 0 Å². The highest BCUT2D eigenvalue weighted by Gasteiger charge is 2.26. The first kappa shape index (κ1) is 12.5. The molecule has 5 heteroatoms. The van der Waals surface area contributed by atoms with Gasteiger partial charge in [-0.1, -0.05) is 12.1 Å². The average molecular weight is 232 g/mol.